The Kier molecular flexibility index (Phi) is 4.52. The van der Waals surface area contributed by atoms with E-state index in [0.29, 0.717) is 5.02 Å². The van der Waals surface area contributed by atoms with Crippen LogP contribution < -0.4 is 0 Å². The molecule has 100 valence electrons. The van der Waals surface area contributed by atoms with Crippen molar-refractivity contribution < 1.29 is 14.6 Å². The van der Waals surface area contributed by atoms with E-state index < -0.39 is 5.97 Å². The molecule has 0 bridgehead atoms. The van der Waals surface area contributed by atoms with Crippen molar-refractivity contribution in [2.45, 2.75) is 13.5 Å². The molecule has 1 heterocycles. The number of thiazole rings is 1. The molecule has 4 nitrogen and oxygen atoms in total. The average molecular weight is 298 g/mol. The second-order valence-corrected chi connectivity index (χ2v) is 5.44. The molecule has 0 saturated carbocycles. The minimum Gasteiger partial charge on any atom is -0.480 e. The number of carbonyl (C=O) groups is 1. The number of halogens is 1. The number of aromatic nitrogens is 1. The summed E-state index contributed by atoms with van der Waals surface area (Å²) in [4.78, 5) is 15.8. The average Bonchev–Trinajstić information content (AvgIpc) is 2.71. The van der Waals surface area contributed by atoms with E-state index in [0.717, 1.165) is 21.1 Å². The SMILES string of the molecule is Cc1nc(-c2ccc(Cl)cc2)sc1COCC(=O)O. The normalized spacial score (nSPS) is 10.6. The van der Waals surface area contributed by atoms with Crippen LogP contribution in [0, 0.1) is 6.92 Å². The number of rotatable bonds is 5. The lowest BCUT2D eigenvalue weighted by atomic mass is 10.2. The van der Waals surface area contributed by atoms with Crippen LogP contribution in [-0.4, -0.2) is 22.7 Å². The van der Waals surface area contributed by atoms with Crippen LogP contribution in [0.4, 0.5) is 0 Å². The van der Waals surface area contributed by atoms with E-state index in [9.17, 15) is 4.79 Å². The van der Waals surface area contributed by atoms with E-state index in [-0.39, 0.29) is 13.2 Å². The first kappa shape index (κ1) is 14.0. The van der Waals surface area contributed by atoms with Crippen LogP contribution in [0.2, 0.25) is 5.02 Å². The highest BCUT2D eigenvalue weighted by Crippen LogP contribution is 2.29. The van der Waals surface area contributed by atoms with Gasteiger partial charge in [-0.2, -0.15) is 0 Å². The fraction of sp³-hybridized carbons (Fsp3) is 0.231. The quantitative estimate of drug-likeness (QED) is 0.919. The molecular formula is C13H12ClNO3S. The van der Waals surface area contributed by atoms with E-state index in [1.54, 1.807) is 0 Å². The Morgan fingerprint density at radius 3 is 2.74 bits per heavy atom. The number of benzene rings is 1. The summed E-state index contributed by atoms with van der Waals surface area (Å²) in [5, 5.41) is 10.1. The minimum atomic E-state index is -0.972. The van der Waals surface area contributed by atoms with E-state index in [2.05, 4.69) is 4.98 Å². The predicted octanol–water partition coefficient (Wildman–Crippen LogP) is 3.37. The van der Waals surface area contributed by atoms with Crippen LogP contribution in [0.3, 0.4) is 0 Å². The summed E-state index contributed by atoms with van der Waals surface area (Å²) in [5.41, 5.74) is 1.85. The van der Waals surface area contributed by atoms with Crippen molar-refractivity contribution in [3.05, 3.63) is 39.9 Å². The number of hydrogen-bond acceptors (Lipinski definition) is 4. The lowest BCUT2D eigenvalue weighted by Crippen LogP contribution is -2.06. The van der Waals surface area contributed by atoms with Gasteiger partial charge in [0.25, 0.3) is 0 Å². The van der Waals surface area contributed by atoms with Crippen LogP contribution in [0.5, 0.6) is 0 Å². The molecule has 2 aromatic rings. The molecule has 1 aromatic carbocycles. The maximum Gasteiger partial charge on any atom is 0.329 e. The highest BCUT2D eigenvalue weighted by Gasteiger charge is 2.10. The number of carboxylic acids is 1. The highest BCUT2D eigenvalue weighted by molar-refractivity contribution is 7.15. The van der Waals surface area contributed by atoms with Gasteiger partial charge in [-0.05, 0) is 19.1 Å². The van der Waals surface area contributed by atoms with Gasteiger partial charge in [-0.3, -0.25) is 0 Å². The van der Waals surface area contributed by atoms with E-state index >= 15 is 0 Å². The predicted molar refractivity (Wildman–Crippen MR) is 74.6 cm³/mol. The van der Waals surface area contributed by atoms with Crippen LogP contribution >= 0.6 is 22.9 Å². The first-order valence-electron chi connectivity index (χ1n) is 5.58. The summed E-state index contributed by atoms with van der Waals surface area (Å²) in [6.45, 7) is 1.85. The molecule has 1 N–H and O–H groups in total. The first-order valence-corrected chi connectivity index (χ1v) is 6.77. The summed E-state index contributed by atoms with van der Waals surface area (Å²) >= 11 is 7.34. The van der Waals surface area contributed by atoms with Crippen molar-refractivity contribution in [3.63, 3.8) is 0 Å². The maximum absolute atomic E-state index is 10.4. The van der Waals surface area contributed by atoms with Crippen LogP contribution in [-0.2, 0) is 16.1 Å². The smallest absolute Gasteiger partial charge is 0.329 e. The highest BCUT2D eigenvalue weighted by atomic mass is 35.5. The lowest BCUT2D eigenvalue weighted by Gasteiger charge is -1.98. The number of aryl methyl sites for hydroxylation is 1. The number of carboxylic acid groups (broad SMARTS) is 1. The van der Waals surface area contributed by atoms with Crippen molar-refractivity contribution in [2.24, 2.45) is 0 Å². The van der Waals surface area contributed by atoms with Crippen LogP contribution in [0.1, 0.15) is 10.6 Å². The third kappa shape index (κ3) is 3.76. The van der Waals surface area contributed by atoms with E-state index in [1.807, 2.05) is 31.2 Å². The van der Waals surface area contributed by atoms with Gasteiger partial charge in [0.15, 0.2) is 0 Å². The molecule has 0 radical (unpaired) electrons. The Labute approximate surface area is 119 Å². The van der Waals surface area contributed by atoms with Gasteiger partial charge in [-0.15, -0.1) is 11.3 Å². The molecule has 0 aliphatic carbocycles. The van der Waals surface area contributed by atoms with Gasteiger partial charge in [0.05, 0.1) is 17.2 Å². The Morgan fingerprint density at radius 1 is 1.42 bits per heavy atom. The number of ether oxygens (including phenoxy) is 1. The number of hydrogen-bond donors (Lipinski definition) is 1. The largest absolute Gasteiger partial charge is 0.480 e. The zero-order valence-corrected chi connectivity index (χ0v) is 11.8. The molecule has 19 heavy (non-hydrogen) atoms. The molecule has 0 spiro atoms. The number of aliphatic carboxylic acids is 1. The Balaban J connectivity index is 2.12. The van der Waals surface area contributed by atoms with Gasteiger partial charge in [-0.25, -0.2) is 9.78 Å². The van der Waals surface area contributed by atoms with Crippen molar-refractivity contribution in [2.75, 3.05) is 6.61 Å². The second-order valence-electron chi connectivity index (χ2n) is 3.92. The zero-order chi connectivity index (χ0) is 13.8. The molecule has 0 unspecified atom stereocenters. The van der Waals surface area contributed by atoms with Crippen LogP contribution in [0.25, 0.3) is 10.6 Å². The molecular weight excluding hydrogens is 286 g/mol. The lowest BCUT2D eigenvalue weighted by molar-refractivity contribution is -0.142. The van der Waals surface area contributed by atoms with E-state index in [1.165, 1.54) is 11.3 Å². The summed E-state index contributed by atoms with van der Waals surface area (Å²) in [6, 6.07) is 7.44. The third-order valence-electron chi connectivity index (χ3n) is 2.44. The second kappa shape index (κ2) is 6.14. The summed E-state index contributed by atoms with van der Waals surface area (Å²) in [6.07, 6.45) is 0. The molecule has 0 amide bonds. The summed E-state index contributed by atoms with van der Waals surface area (Å²) < 4.78 is 5.08. The molecule has 2 rings (SSSR count). The molecule has 1 aromatic heterocycles. The molecule has 0 fully saturated rings. The van der Waals surface area contributed by atoms with Gasteiger partial charge in [-0.1, -0.05) is 23.7 Å². The van der Waals surface area contributed by atoms with E-state index in [4.69, 9.17) is 21.4 Å². The minimum absolute atomic E-state index is 0.267. The molecule has 0 saturated heterocycles. The molecule has 0 aliphatic rings. The molecule has 6 heteroatoms. The van der Waals surface area contributed by atoms with Gasteiger partial charge in [0, 0.05) is 10.6 Å². The summed E-state index contributed by atoms with van der Waals surface area (Å²) in [5.74, 6) is -0.972. The Hall–Kier alpha value is -1.43. The third-order valence-corrected chi connectivity index (χ3v) is 3.87. The van der Waals surface area contributed by atoms with Gasteiger partial charge < -0.3 is 9.84 Å². The maximum atomic E-state index is 10.4. The van der Waals surface area contributed by atoms with Crippen LogP contribution in [0.15, 0.2) is 24.3 Å². The topological polar surface area (TPSA) is 59.4 Å². The Bertz CT molecular complexity index is 580. The molecule has 0 aliphatic heterocycles. The van der Waals surface area contributed by atoms with Crippen molar-refractivity contribution in [3.8, 4) is 10.6 Å². The summed E-state index contributed by atoms with van der Waals surface area (Å²) in [7, 11) is 0. The van der Waals surface area contributed by atoms with Gasteiger partial charge in [0.1, 0.15) is 11.6 Å². The zero-order valence-electron chi connectivity index (χ0n) is 10.2. The Morgan fingerprint density at radius 2 is 2.11 bits per heavy atom. The fourth-order valence-corrected chi connectivity index (χ4v) is 2.64. The van der Waals surface area contributed by atoms with Crippen molar-refractivity contribution >= 4 is 28.9 Å². The number of nitrogens with zero attached hydrogens (tertiary/aromatic N) is 1. The fourth-order valence-electron chi connectivity index (χ4n) is 1.51. The first-order chi connectivity index (χ1) is 9.06. The van der Waals surface area contributed by atoms with Gasteiger partial charge in [0.2, 0.25) is 0 Å². The van der Waals surface area contributed by atoms with Crippen molar-refractivity contribution in [1.82, 2.24) is 4.98 Å². The molecule has 0 atom stereocenters. The van der Waals surface area contributed by atoms with Gasteiger partial charge >= 0.3 is 5.97 Å². The monoisotopic (exact) mass is 297 g/mol. The standard InChI is InChI=1S/C13H12ClNO3S/c1-8-11(6-18-7-12(16)17)19-13(15-8)9-2-4-10(14)5-3-9/h2-5H,6-7H2,1H3,(H,16,17). The van der Waals surface area contributed by atoms with Crippen molar-refractivity contribution in [1.29, 1.82) is 0 Å².